The Morgan fingerprint density at radius 2 is 1.68 bits per heavy atom. The van der Waals surface area contributed by atoms with Gasteiger partial charge in [0.15, 0.2) is 0 Å². The largest absolute Gasteiger partial charge is 0.495 e. The molecule has 0 aromatic heterocycles. The molecule has 0 saturated heterocycles. The summed E-state index contributed by atoms with van der Waals surface area (Å²) in [6.45, 7) is 0. The smallest absolute Gasteiger partial charge is 0.345 e. The summed E-state index contributed by atoms with van der Waals surface area (Å²) in [5.74, 6) is 0.421. The Kier molecular flexibility index (Phi) is 6.57. The zero-order valence-electron chi connectivity index (χ0n) is 14.7. The van der Waals surface area contributed by atoms with Gasteiger partial charge in [-0.05, 0) is 66.2 Å². The van der Waals surface area contributed by atoms with Crippen molar-refractivity contribution in [2.45, 2.75) is 0 Å². The summed E-state index contributed by atoms with van der Waals surface area (Å²) >= 11 is 17.9. The molecule has 4 nitrogen and oxygen atoms in total. The van der Waals surface area contributed by atoms with Crippen LogP contribution >= 0.6 is 34.8 Å². The predicted molar refractivity (Wildman–Crippen MR) is 113 cm³/mol. The third-order valence-corrected chi connectivity index (χ3v) is 4.58. The fraction of sp³-hybridized carbons (Fsp3) is 0.0476. The minimum Gasteiger partial charge on any atom is -0.495 e. The van der Waals surface area contributed by atoms with Crippen LogP contribution in [0.15, 0.2) is 65.7 Å². The van der Waals surface area contributed by atoms with Gasteiger partial charge in [0.25, 0.3) is 0 Å². The normalized spacial score (nSPS) is 10.9. The van der Waals surface area contributed by atoms with Gasteiger partial charge in [0.05, 0.1) is 28.4 Å². The average molecular weight is 435 g/mol. The van der Waals surface area contributed by atoms with Gasteiger partial charge in [-0.2, -0.15) is 0 Å². The average Bonchev–Trinajstić information content (AvgIpc) is 2.67. The summed E-state index contributed by atoms with van der Waals surface area (Å²) in [6.07, 6.45) is 1.68. The van der Waals surface area contributed by atoms with E-state index >= 15 is 0 Å². The summed E-state index contributed by atoms with van der Waals surface area (Å²) in [7, 11) is 1.55. The minimum absolute atomic E-state index is 0.236. The van der Waals surface area contributed by atoms with E-state index < -0.39 is 5.97 Å². The molecule has 0 heterocycles. The Bertz CT molecular complexity index is 1030. The van der Waals surface area contributed by atoms with Gasteiger partial charge in [0.2, 0.25) is 0 Å². The highest BCUT2D eigenvalue weighted by Gasteiger charge is 2.13. The number of rotatable bonds is 5. The number of nitrogens with zero attached hydrogens (tertiary/aromatic N) is 1. The van der Waals surface area contributed by atoms with E-state index in [4.69, 9.17) is 44.3 Å². The molecule has 0 aliphatic rings. The topological polar surface area (TPSA) is 47.9 Å². The molecule has 7 heteroatoms. The highest BCUT2D eigenvalue weighted by Crippen LogP contribution is 2.28. The van der Waals surface area contributed by atoms with Gasteiger partial charge in [-0.1, -0.05) is 34.8 Å². The number of methoxy groups -OCH3 is 1. The quantitative estimate of drug-likeness (QED) is 0.257. The Morgan fingerprint density at radius 3 is 2.32 bits per heavy atom. The fourth-order valence-corrected chi connectivity index (χ4v) is 3.06. The van der Waals surface area contributed by atoms with E-state index in [-0.39, 0.29) is 10.6 Å². The van der Waals surface area contributed by atoms with E-state index in [0.717, 1.165) is 5.56 Å². The van der Waals surface area contributed by atoms with Crippen LogP contribution in [0.5, 0.6) is 11.5 Å². The van der Waals surface area contributed by atoms with Gasteiger partial charge < -0.3 is 9.47 Å². The molecular weight excluding hydrogens is 421 g/mol. The molecule has 0 radical (unpaired) electrons. The van der Waals surface area contributed by atoms with Crippen LogP contribution in [0.25, 0.3) is 0 Å². The van der Waals surface area contributed by atoms with Crippen LogP contribution in [0.3, 0.4) is 0 Å². The lowest BCUT2D eigenvalue weighted by atomic mass is 10.2. The van der Waals surface area contributed by atoms with Crippen molar-refractivity contribution in [1.82, 2.24) is 0 Å². The molecule has 3 aromatic carbocycles. The van der Waals surface area contributed by atoms with Gasteiger partial charge in [-0.3, -0.25) is 4.99 Å². The molecule has 3 rings (SSSR count). The van der Waals surface area contributed by atoms with Crippen molar-refractivity contribution in [2.75, 3.05) is 7.11 Å². The van der Waals surface area contributed by atoms with Crippen molar-refractivity contribution in [3.63, 3.8) is 0 Å². The first-order valence-electron chi connectivity index (χ1n) is 8.11. The molecule has 0 unspecified atom stereocenters. The van der Waals surface area contributed by atoms with Crippen LogP contribution in [0, 0.1) is 0 Å². The van der Waals surface area contributed by atoms with Crippen LogP contribution < -0.4 is 9.47 Å². The first-order valence-corrected chi connectivity index (χ1v) is 9.24. The number of aliphatic imine (C=N–C) groups is 1. The lowest BCUT2D eigenvalue weighted by Gasteiger charge is -2.06. The first-order chi connectivity index (χ1) is 13.5. The summed E-state index contributed by atoms with van der Waals surface area (Å²) in [5, 5.41) is 1.17. The monoisotopic (exact) mass is 433 g/mol. The Labute approximate surface area is 177 Å². The molecule has 0 amide bonds. The Balaban J connectivity index is 1.67. The third-order valence-electron chi connectivity index (χ3n) is 3.74. The highest BCUT2D eigenvalue weighted by atomic mass is 35.5. The first kappa shape index (κ1) is 20.2. The van der Waals surface area contributed by atoms with Gasteiger partial charge in [-0.15, -0.1) is 0 Å². The van der Waals surface area contributed by atoms with Gasteiger partial charge in [0, 0.05) is 11.2 Å². The van der Waals surface area contributed by atoms with Crippen molar-refractivity contribution in [3.8, 4) is 11.5 Å². The number of ether oxygens (including phenoxy) is 2. The number of halogens is 3. The molecule has 0 bridgehead atoms. The van der Waals surface area contributed by atoms with Crippen molar-refractivity contribution in [3.05, 3.63) is 86.9 Å². The van der Waals surface area contributed by atoms with E-state index in [1.807, 2.05) is 0 Å². The Morgan fingerprint density at radius 1 is 0.929 bits per heavy atom. The van der Waals surface area contributed by atoms with Crippen LogP contribution in [-0.4, -0.2) is 19.3 Å². The lowest BCUT2D eigenvalue weighted by molar-refractivity contribution is 0.0735. The maximum Gasteiger partial charge on any atom is 0.345 e. The molecule has 0 N–H and O–H groups in total. The summed E-state index contributed by atoms with van der Waals surface area (Å²) in [6, 6.07) is 16.7. The molecule has 0 atom stereocenters. The number of esters is 1. The van der Waals surface area contributed by atoms with E-state index in [1.165, 1.54) is 12.1 Å². The zero-order valence-corrected chi connectivity index (χ0v) is 16.9. The molecule has 3 aromatic rings. The fourth-order valence-electron chi connectivity index (χ4n) is 2.32. The van der Waals surface area contributed by atoms with Gasteiger partial charge in [-0.25, -0.2) is 4.79 Å². The molecular formula is C21H14Cl3NO3. The van der Waals surface area contributed by atoms with Crippen LogP contribution in [0.1, 0.15) is 15.9 Å². The third kappa shape index (κ3) is 5.04. The molecule has 0 saturated carbocycles. The maximum absolute atomic E-state index is 12.2. The second kappa shape index (κ2) is 9.11. The maximum atomic E-state index is 12.2. The molecule has 0 aliphatic carbocycles. The number of hydrogen-bond acceptors (Lipinski definition) is 4. The number of hydrogen-bond donors (Lipinski definition) is 0. The summed E-state index contributed by atoms with van der Waals surface area (Å²) < 4.78 is 10.5. The van der Waals surface area contributed by atoms with E-state index in [9.17, 15) is 4.79 Å². The van der Waals surface area contributed by atoms with Crippen LogP contribution in [-0.2, 0) is 0 Å². The summed E-state index contributed by atoms with van der Waals surface area (Å²) in [4.78, 5) is 16.6. The Hall–Kier alpha value is -2.53. The second-order valence-electron chi connectivity index (χ2n) is 5.66. The van der Waals surface area contributed by atoms with Crippen molar-refractivity contribution >= 4 is 52.7 Å². The lowest BCUT2D eigenvalue weighted by Crippen LogP contribution is -2.09. The van der Waals surface area contributed by atoms with Gasteiger partial charge >= 0.3 is 5.97 Å². The van der Waals surface area contributed by atoms with Crippen molar-refractivity contribution < 1.29 is 14.3 Å². The molecule has 142 valence electrons. The van der Waals surface area contributed by atoms with Crippen LogP contribution in [0.4, 0.5) is 5.69 Å². The number of carbonyl (C=O) groups excluding carboxylic acids is 1. The van der Waals surface area contributed by atoms with Crippen molar-refractivity contribution in [2.24, 2.45) is 4.99 Å². The number of carbonyl (C=O) groups is 1. The van der Waals surface area contributed by atoms with E-state index in [1.54, 1.807) is 61.9 Å². The van der Waals surface area contributed by atoms with Crippen molar-refractivity contribution in [1.29, 1.82) is 0 Å². The zero-order chi connectivity index (χ0) is 20.1. The molecule has 0 aliphatic heterocycles. The van der Waals surface area contributed by atoms with E-state index in [2.05, 4.69) is 4.99 Å². The predicted octanol–water partition coefficient (Wildman–Crippen LogP) is 6.63. The summed E-state index contributed by atoms with van der Waals surface area (Å²) in [5.41, 5.74) is 1.77. The van der Waals surface area contributed by atoms with Gasteiger partial charge in [0.1, 0.15) is 11.5 Å². The standard InChI is InChI=1S/C21H14Cl3NO3/c1-27-20-9-5-15(11-19(20)24)25-12-13-2-6-16(7-3-13)28-21(26)17-8-4-14(22)10-18(17)23/h2-12H,1H3. The van der Waals surface area contributed by atoms with E-state index in [0.29, 0.717) is 27.2 Å². The molecule has 28 heavy (non-hydrogen) atoms. The molecule has 0 spiro atoms. The number of benzene rings is 3. The SMILES string of the molecule is COc1ccc(N=Cc2ccc(OC(=O)c3ccc(Cl)cc3Cl)cc2)cc1Cl. The molecule has 0 fully saturated rings. The highest BCUT2D eigenvalue weighted by molar-refractivity contribution is 6.36. The minimum atomic E-state index is -0.559. The second-order valence-corrected chi connectivity index (χ2v) is 6.91. The van der Waals surface area contributed by atoms with Crippen LogP contribution in [0.2, 0.25) is 15.1 Å².